The van der Waals surface area contributed by atoms with Crippen LogP contribution in [0, 0.1) is 5.92 Å². The van der Waals surface area contributed by atoms with Gasteiger partial charge < -0.3 is 9.67 Å². The van der Waals surface area contributed by atoms with Crippen LogP contribution in [0.2, 0.25) is 0 Å². The third-order valence-electron chi connectivity index (χ3n) is 3.84. The van der Waals surface area contributed by atoms with E-state index in [0.29, 0.717) is 30.2 Å². The summed E-state index contributed by atoms with van der Waals surface area (Å²) in [5.74, 6) is 0.0151. The van der Waals surface area contributed by atoms with E-state index < -0.39 is 11.6 Å². The Morgan fingerprint density at radius 3 is 2.58 bits per heavy atom. The maximum Gasteiger partial charge on any atom is 0.349 e. The SMILES string of the molecule is CC(C)CCn1cnc2c1c([O-])nc(=O)n2Cc1ccccc1.[K]. The van der Waals surface area contributed by atoms with Crippen LogP contribution in [-0.2, 0) is 13.1 Å². The summed E-state index contributed by atoms with van der Waals surface area (Å²) in [6.07, 6.45) is 2.56. The molecule has 24 heavy (non-hydrogen) atoms. The molecule has 3 aromatic rings. The Kier molecular flexibility index (Phi) is 6.76. The van der Waals surface area contributed by atoms with Crippen molar-refractivity contribution in [3.63, 3.8) is 0 Å². The number of rotatable bonds is 5. The molecule has 2 heterocycles. The van der Waals surface area contributed by atoms with Crippen LogP contribution in [0.1, 0.15) is 25.8 Å². The van der Waals surface area contributed by atoms with Crippen molar-refractivity contribution in [1.29, 1.82) is 0 Å². The average molecular weight is 350 g/mol. The van der Waals surface area contributed by atoms with Crippen LogP contribution < -0.4 is 10.8 Å². The van der Waals surface area contributed by atoms with E-state index in [4.69, 9.17) is 0 Å². The van der Waals surface area contributed by atoms with Crippen molar-refractivity contribution in [3.05, 3.63) is 52.7 Å². The number of hydrogen-bond donors (Lipinski definition) is 0. The number of hydrogen-bond acceptors (Lipinski definition) is 4. The van der Waals surface area contributed by atoms with E-state index in [0.717, 1.165) is 12.0 Å². The van der Waals surface area contributed by atoms with Gasteiger partial charge in [-0.15, -0.1) is 0 Å². The molecule has 7 heteroatoms. The van der Waals surface area contributed by atoms with Crippen molar-refractivity contribution in [1.82, 2.24) is 19.1 Å². The van der Waals surface area contributed by atoms with Crippen LogP contribution in [0.15, 0.2) is 41.5 Å². The number of fused-ring (bicyclic) bond motifs is 1. The van der Waals surface area contributed by atoms with Gasteiger partial charge in [0.25, 0.3) is 0 Å². The molecule has 0 N–H and O–H groups in total. The van der Waals surface area contributed by atoms with Crippen LogP contribution in [0.3, 0.4) is 0 Å². The maximum atomic E-state index is 12.1. The molecule has 3 rings (SSSR count). The minimum atomic E-state index is -0.555. The average Bonchev–Trinajstić information content (AvgIpc) is 2.95. The second kappa shape index (κ2) is 8.40. The Morgan fingerprint density at radius 1 is 1.21 bits per heavy atom. The van der Waals surface area contributed by atoms with E-state index in [9.17, 15) is 9.90 Å². The largest absolute Gasteiger partial charge is 0.857 e. The van der Waals surface area contributed by atoms with E-state index in [-0.39, 0.29) is 51.4 Å². The van der Waals surface area contributed by atoms with Gasteiger partial charge in [-0.25, -0.2) is 14.8 Å². The van der Waals surface area contributed by atoms with Crippen molar-refractivity contribution >= 4 is 62.5 Å². The third kappa shape index (κ3) is 4.15. The number of aryl methyl sites for hydroxylation is 1. The van der Waals surface area contributed by atoms with Crippen LogP contribution in [0.25, 0.3) is 11.2 Å². The van der Waals surface area contributed by atoms with Gasteiger partial charge in [-0.1, -0.05) is 44.2 Å². The predicted molar refractivity (Wildman–Crippen MR) is 92.0 cm³/mol. The van der Waals surface area contributed by atoms with Gasteiger partial charge >= 0.3 is 5.69 Å². The van der Waals surface area contributed by atoms with Crippen molar-refractivity contribution in [3.8, 4) is 5.88 Å². The quantitative estimate of drug-likeness (QED) is 0.652. The molecule has 0 atom stereocenters. The van der Waals surface area contributed by atoms with Crippen LogP contribution in [0.4, 0.5) is 0 Å². The zero-order valence-electron chi connectivity index (χ0n) is 14.3. The summed E-state index contributed by atoms with van der Waals surface area (Å²) in [5, 5.41) is 12.1. The Morgan fingerprint density at radius 2 is 1.92 bits per heavy atom. The Labute approximate surface area is 183 Å². The molecule has 1 aromatic carbocycles. The number of benzene rings is 1. The first-order valence-electron chi connectivity index (χ1n) is 7.73. The standard InChI is InChI=1S/C17H20N4O2.K/c1-12(2)8-9-20-11-18-15-14(20)16(22)19-17(23)21(15)10-13-6-4-3-5-7-13;/h3-7,11-12H,8-10H2,1-2H3,(H,19,22,23);/p-1. The molecule has 121 valence electrons. The third-order valence-corrected chi connectivity index (χ3v) is 3.84. The van der Waals surface area contributed by atoms with E-state index in [2.05, 4.69) is 23.8 Å². The van der Waals surface area contributed by atoms with Gasteiger partial charge in [0.1, 0.15) is 0 Å². The minimum absolute atomic E-state index is 0. The molecule has 0 aliphatic carbocycles. The fourth-order valence-electron chi connectivity index (χ4n) is 2.55. The summed E-state index contributed by atoms with van der Waals surface area (Å²) in [4.78, 5) is 20.1. The van der Waals surface area contributed by atoms with E-state index in [1.165, 1.54) is 4.57 Å². The smallest absolute Gasteiger partial charge is 0.349 e. The van der Waals surface area contributed by atoms with E-state index in [1.54, 1.807) is 10.9 Å². The summed E-state index contributed by atoms with van der Waals surface area (Å²) in [6.45, 7) is 5.29. The monoisotopic (exact) mass is 350 g/mol. The molecule has 1 radical (unpaired) electrons. The first-order chi connectivity index (χ1) is 11.1. The van der Waals surface area contributed by atoms with Crippen LogP contribution >= 0.6 is 0 Å². The van der Waals surface area contributed by atoms with Gasteiger partial charge in [0.2, 0.25) is 0 Å². The van der Waals surface area contributed by atoms with E-state index >= 15 is 0 Å². The van der Waals surface area contributed by atoms with Crippen molar-refractivity contribution in [2.24, 2.45) is 5.92 Å². The predicted octanol–water partition coefficient (Wildman–Crippen LogP) is 1.38. The number of imidazole rings is 1. The van der Waals surface area contributed by atoms with Gasteiger partial charge in [0.05, 0.1) is 18.4 Å². The van der Waals surface area contributed by atoms with Gasteiger partial charge in [-0.3, -0.25) is 4.57 Å². The first-order valence-corrected chi connectivity index (χ1v) is 7.73. The summed E-state index contributed by atoms with van der Waals surface area (Å²) >= 11 is 0. The normalized spacial score (nSPS) is 11.0. The number of aromatic nitrogens is 4. The van der Waals surface area contributed by atoms with Gasteiger partial charge in [0, 0.05) is 63.8 Å². The Balaban J connectivity index is 0.00000208. The summed E-state index contributed by atoms with van der Waals surface area (Å²) in [7, 11) is 0. The fraction of sp³-hybridized carbons (Fsp3) is 0.353. The van der Waals surface area contributed by atoms with Gasteiger partial charge in [-0.2, -0.15) is 0 Å². The van der Waals surface area contributed by atoms with Crippen molar-refractivity contribution in [2.45, 2.75) is 33.4 Å². The minimum Gasteiger partial charge on any atom is -0.857 e. The molecular weight excluding hydrogens is 331 g/mol. The maximum absolute atomic E-state index is 12.1. The summed E-state index contributed by atoms with van der Waals surface area (Å²) in [5.41, 5.74) is 1.22. The molecule has 0 bridgehead atoms. The Bertz CT molecular complexity index is 871. The topological polar surface area (TPSA) is 75.8 Å². The fourth-order valence-corrected chi connectivity index (χ4v) is 2.55. The molecule has 6 nitrogen and oxygen atoms in total. The molecule has 0 unspecified atom stereocenters. The zero-order valence-corrected chi connectivity index (χ0v) is 17.4. The second-order valence-electron chi connectivity index (χ2n) is 6.06. The molecule has 0 saturated carbocycles. The van der Waals surface area contributed by atoms with Crippen molar-refractivity contribution < 1.29 is 5.11 Å². The van der Waals surface area contributed by atoms with Crippen molar-refractivity contribution in [2.75, 3.05) is 0 Å². The van der Waals surface area contributed by atoms with Crippen LogP contribution in [0.5, 0.6) is 5.88 Å². The Hall–Kier alpha value is -0.994. The molecule has 2 aromatic heterocycles. The molecule has 0 amide bonds. The van der Waals surface area contributed by atoms with E-state index in [1.807, 2.05) is 30.3 Å². The molecule has 0 aliphatic rings. The summed E-state index contributed by atoms with van der Waals surface area (Å²) < 4.78 is 3.25. The molecule has 0 aliphatic heterocycles. The molecule has 0 saturated heterocycles. The zero-order chi connectivity index (χ0) is 16.4. The number of nitrogens with zero attached hydrogens (tertiary/aromatic N) is 4. The molecule has 0 fully saturated rings. The second-order valence-corrected chi connectivity index (χ2v) is 6.06. The molecule has 0 spiro atoms. The first kappa shape index (κ1) is 19.3. The van der Waals surface area contributed by atoms with Gasteiger partial charge in [0.15, 0.2) is 5.65 Å². The van der Waals surface area contributed by atoms with Crippen LogP contribution in [-0.4, -0.2) is 70.5 Å². The van der Waals surface area contributed by atoms with Gasteiger partial charge in [-0.05, 0) is 17.9 Å². The summed E-state index contributed by atoms with van der Waals surface area (Å²) in [6, 6.07) is 9.60. The molecular formula is C17H19KN4O2-.